The van der Waals surface area contributed by atoms with E-state index in [1.165, 1.54) is 20.4 Å². The fraction of sp³-hybridized carbons (Fsp3) is 0.290. The van der Waals surface area contributed by atoms with Crippen LogP contribution in [0.5, 0.6) is 0 Å². The highest BCUT2D eigenvalue weighted by Crippen LogP contribution is 2.44. The van der Waals surface area contributed by atoms with Crippen LogP contribution in [-0.2, 0) is 36.3 Å². The van der Waals surface area contributed by atoms with Gasteiger partial charge in [-0.15, -0.1) is 0 Å². The zero-order valence-corrected chi connectivity index (χ0v) is 23.8. The molecule has 0 bridgehead atoms. The fourth-order valence-electron chi connectivity index (χ4n) is 5.66. The third-order valence-corrected chi connectivity index (χ3v) is 8.24. The molecule has 1 aliphatic carbocycles. The van der Waals surface area contributed by atoms with Crippen LogP contribution < -0.4 is 11.4 Å². The molecule has 0 aliphatic heterocycles. The molecule has 206 valence electrons. The third-order valence-electron chi connectivity index (χ3n) is 7.73. The van der Waals surface area contributed by atoms with Gasteiger partial charge in [-0.2, -0.15) is 5.10 Å². The lowest BCUT2D eigenvalue weighted by atomic mass is 9.72. The smallest absolute Gasteiger partial charge is 0.346 e. The minimum Gasteiger partial charge on any atom is -0.370 e. The van der Waals surface area contributed by atoms with E-state index in [0.29, 0.717) is 15.9 Å². The lowest BCUT2D eigenvalue weighted by molar-refractivity contribution is -0.118. The Balaban J connectivity index is 1.58. The van der Waals surface area contributed by atoms with E-state index < -0.39 is 5.91 Å². The number of hydrogen-bond acceptors (Lipinski definition) is 4. The molecule has 1 amide bonds. The van der Waals surface area contributed by atoms with Gasteiger partial charge in [0.15, 0.2) is 5.82 Å². The number of nitrogens with two attached hydrogens (primary N) is 1. The summed E-state index contributed by atoms with van der Waals surface area (Å²) in [6, 6.07) is 23.6. The van der Waals surface area contributed by atoms with Crippen LogP contribution >= 0.6 is 23.2 Å². The van der Waals surface area contributed by atoms with Crippen LogP contribution in [0.2, 0.25) is 10.0 Å². The summed E-state index contributed by atoms with van der Waals surface area (Å²) in [4.78, 5) is 30.2. The maximum atomic E-state index is 13.4. The second-order valence-corrected chi connectivity index (χ2v) is 11.0. The molecular weight excluding hydrogens is 545 g/mol. The Morgan fingerprint density at radius 3 is 2.38 bits per heavy atom. The number of aliphatic imine (C=N–C) groups is 1. The molecule has 5 rings (SSSR count). The highest BCUT2D eigenvalue weighted by molar-refractivity contribution is 6.31. The Hall–Kier alpha value is -3.68. The number of nitrogens with zero attached hydrogens (tertiary/aromatic N) is 4. The molecule has 0 saturated heterocycles. The first-order valence-electron chi connectivity index (χ1n) is 13.4. The van der Waals surface area contributed by atoms with E-state index in [2.05, 4.69) is 36.3 Å². The van der Waals surface area contributed by atoms with Crippen LogP contribution in [0.4, 0.5) is 0 Å². The van der Waals surface area contributed by atoms with Crippen molar-refractivity contribution in [3.05, 3.63) is 121 Å². The van der Waals surface area contributed by atoms with Gasteiger partial charge in [0.2, 0.25) is 5.91 Å². The molecule has 3 aromatic carbocycles. The molecule has 0 saturated carbocycles. The van der Waals surface area contributed by atoms with Gasteiger partial charge < -0.3 is 5.73 Å². The predicted octanol–water partition coefficient (Wildman–Crippen LogP) is 5.56. The molecule has 0 fully saturated rings. The van der Waals surface area contributed by atoms with E-state index in [-0.39, 0.29) is 37.2 Å². The number of fused-ring (bicyclic) bond motifs is 1. The Morgan fingerprint density at radius 1 is 1.02 bits per heavy atom. The first-order chi connectivity index (χ1) is 19.3. The second-order valence-electron chi connectivity index (χ2n) is 10.1. The summed E-state index contributed by atoms with van der Waals surface area (Å²) >= 11 is 12.3. The lowest BCUT2D eigenvalue weighted by Gasteiger charge is -2.32. The van der Waals surface area contributed by atoms with Crippen LogP contribution in [0, 0.1) is 0 Å². The van der Waals surface area contributed by atoms with Crippen molar-refractivity contribution in [2.75, 3.05) is 0 Å². The monoisotopic (exact) mass is 575 g/mol. The Bertz CT molecular complexity index is 1610. The van der Waals surface area contributed by atoms with Crippen molar-refractivity contribution in [1.82, 2.24) is 14.3 Å². The molecule has 40 heavy (non-hydrogen) atoms. The van der Waals surface area contributed by atoms with Crippen LogP contribution in [-0.4, -0.2) is 26.0 Å². The number of amides is 1. The Morgan fingerprint density at radius 2 is 1.70 bits per heavy atom. The number of aryl methyl sites for hydroxylation is 1. The maximum Gasteiger partial charge on any atom is 0.346 e. The molecule has 1 aromatic heterocycles. The summed E-state index contributed by atoms with van der Waals surface area (Å²) in [6.07, 6.45) is 2.80. The quantitative estimate of drug-likeness (QED) is 0.251. The largest absolute Gasteiger partial charge is 0.370 e. The van der Waals surface area contributed by atoms with Gasteiger partial charge in [-0.25, -0.2) is 9.48 Å². The van der Waals surface area contributed by atoms with Crippen molar-refractivity contribution < 1.29 is 4.79 Å². The molecule has 4 aromatic rings. The third kappa shape index (κ3) is 5.62. The first-order valence-corrected chi connectivity index (χ1v) is 14.1. The zero-order valence-electron chi connectivity index (χ0n) is 22.3. The zero-order chi connectivity index (χ0) is 28.3. The van der Waals surface area contributed by atoms with Gasteiger partial charge in [-0.05, 0) is 65.8 Å². The molecule has 2 N–H and O–H groups in total. The standard InChI is InChI=1S/C31H31Cl2N5O2/c1-2-31(17-15-22-5-3-4-6-26(22)31)29(23-9-13-25(33)14-10-23)35-19-28-36-38(20-21-7-11-24(32)12-8-21)30(40)37(28)18-16-27(34)39/h3-14H,2,15-20H2,1H3,(H2,34,39)/b35-29-/t31-/m0/s1. The van der Waals surface area contributed by atoms with Gasteiger partial charge >= 0.3 is 5.69 Å². The minimum absolute atomic E-state index is 0.0274. The number of halogens is 2. The number of primary amides is 1. The minimum atomic E-state index is -0.485. The highest BCUT2D eigenvalue weighted by atomic mass is 35.5. The molecule has 1 heterocycles. The number of hydrogen-bond donors (Lipinski definition) is 1. The number of aromatic nitrogens is 3. The summed E-state index contributed by atoms with van der Waals surface area (Å²) in [7, 11) is 0. The summed E-state index contributed by atoms with van der Waals surface area (Å²) in [6.45, 7) is 2.77. The number of rotatable bonds is 10. The van der Waals surface area contributed by atoms with Crippen LogP contribution in [0.3, 0.4) is 0 Å². The van der Waals surface area contributed by atoms with E-state index in [1.54, 1.807) is 12.1 Å². The topological polar surface area (TPSA) is 95.3 Å². The summed E-state index contributed by atoms with van der Waals surface area (Å²) in [5, 5.41) is 5.93. The molecule has 0 unspecified atom stereocenters. The highest BCUT2D eigenvalue weighted by Gasteiger charge is 2.42. The number of benzene rings is 3. The van der Waals surface area contributed by atoms with Gasteiger partial charge in [0.1, 0.15) is 0 Å². The number of carbonyl (C=O) groups is 1. The van der Waals surface area contributed by atoms with Crippen molar-refractivity contribution in [2.24, 2.45) is 10.7 Å². The van der Waals surface area contributed by atoms with E-state index in [1.807, 2.05) is 36.4 Å². The van der Waals surface area contributed by atoms with Crippen LogP contribution in [0.15, 0.2) is 82.6 Å². The fourth-order valence-corrected chi connectivity index (χ4v) is 5.91. The molecule has 0 radical (unpaired) electrons. The normalized spacial score (nSPS) is 16.7. The van der Waals surface area contributed by atoms with Crippen LogP contribution in [0.25, 0.3) is 0 Å². The second kappa shape index (κ2) is 11.8. The molecule has 1 atom stereocenters. The predicted molar refractivity (Wildman–Crippen MR) is 159 cm³/mol. The summed E-state index contributed by atoms with van der Waals surface area (Å²) in [5.74, 6) is -0.00892. The SMILES string of the molecule is CC[C@]1(/C(=N\Cc2nn(Cc3ccc(Cl)cc3)c(=O)n2CCC(N)=O)c2ccc(Cl)cc2)CCc2ccccc21. The van der Waals surface area contributed by atoms with Crippen molar-refractivity contribution in [3.63, 3.8) is 0 Å². The van der Waals surface area contributed by atoms with Gasteiger partial charge in [0.25, 0.3) is 0 Å². The van der Waals surface area contributed by atoms with Crippen molar-refractivity contribution in [1.29, 1.82) is 0 Å². The summed E-state index contributed by atoms with van der Waals surface area (Å²) in [5.41, 5.74) is 10.3. The molecule has 1 aliphatic rings. The van der Waals surface area contributed by atoms with E-state index in [0.717, 1.165) is 36.1 Å². The van der Waals surface area contributed by atoms with Crippen molar-refractivity contribution in [2.45, 2.75) is 57.7 Å². The molecule has 9 heteroatoms. The average Bonchev–Trinajstić information content (AvgIpc) is 3.47. The van der Waals surface area contributed by atoms with Crippen molar-refractivity contribution in [3.8, 4) is 0 Å². The average molecular weight is 577 g/mol. The van der Waals surface area contributed by atoms with Gasteiger partial charge in [-0.3, -0.25) is 14.4 Å². The molecule has 7 nitrogen and oxygen atoms in total. The lowest BCUT2D eigenvalue weighted by Crippen LogP contribution is -2.34. The number of carbonyl (C=O) groups excluding carboxylic acids is 1. The molecular formula is C31H31Cl2N5O2. The maximum absolute atomic E-state index is 13.4. The van der Waals surface area contributed by atoms with E-state index in [9.17, 15) is 9.59 Å². The summed E-state index contributed by atoms with van der Waals surface area (Å²) < 4.78 is 2.91. The first kappa shape index (κ1) is 27.9. The van der Waals surface area contributed by atoms with Gasteiger partial charge in [-0.1, -0.05) is 78.7 Å². The Kier molecular flexibility index (Phi) is 8.24. The van der Waals surface area contributed by atoms with E-state index in [4.69, 9.17) is 33.9 Å². The van der Waals surface area contributed by atoms with Crippen LogP contribution in [0.1, 0.15) is 54.3 Å². The molecule has 0 spiro atoms. The van der Waals surface area contributed by atoms with Gasteiger partial charge in [0, 0.05) is 28.4 Å². The Labute approximate surface area is 243 Å². The van der Waals surface area contributed by atoms with Crippen molar-refractivity contribution >= 4 is 34.8 Å². The van der Waals surface area contributed by atoms with Gasteiger partial charge in [0.05, 0.1) is 18.8 Å². The van der Waals surface area contributed by atoms with E-state index >= 15 is 0 Å².